The lowest BCUT2D eigenvalue weighted by molar-refractivity contribution is 0.0990. The molecule has 1 heterocycles. The van der Waals surface area contributed by atoms with Crippen LogP contribution in [0.1, 0.15) is 16.2 Å². The number of rotatable bonds is 4. The molecule has 0 unspecified atom stereocenters. The van der Waals surface area contributed by atoms with E-state index >= 15 is 0 Å². The van der Waals surface area contributed by atoms with E-state index in [4.69, 9.17) is 0 Å². The quantitative estimate of drug-likeness (QED) is 0.614. The van der Waals surface area contributed by atoms with Crippen LogP contribution >= 0.6 is 11.8 Å². The van der Waals surface area contributed by atoms with Crippen molar-refractivity contribution in [3.05, 3.63) is 48.0 Å². The van der Waals surface area contributed by atoms with E-state index in [1.54, 1.807) is 18.0 Å². The summed E-state index contributed by atoms with van der Waals surface area (Å²) in [5, 5.41) is 0. The zero-order chi connectivity index (χ0) is 12.3. The summed E-state index contributed by atoms with van der Waals surface area (Å²) in [7, 11) is 1.90. The monoisotopic (exact) mass is 246 g/mol. The third kappa shape index (κ3) is 2.77. The average Bonchev–Trinajstić information content (AvgIpc) is 2.75. The molecular formula is C13H14N2OS. The molecule has 1 aromatic heterocycles. The summed E-state index contributed by atoms with van der Waals surface area (Å²) in [5.74, 6) is 0.899. The van der Waals surface area contributed by atoms with Crippen molar-refractivity contribution in [2.75, 3.05) is 6.26 Å². The fraction of sp³-hybridized carbons (Fsp3) is 0.231. The molecule has 0 N–H and O–H groups in total. The van der Waals surface area contributed by atoms with Gasteiger partial charge in [0.05, 0.1) is 6.42 Å². The number of aromatic nitrogens is 2. The van der Waals surface area contributed by atoms with Crippen LogP contribution in [0.3, 0.4) is 0 Å². The highest BCUT2D eigenvalue weighted by Gasteiger charge is 2.09. The number of hydrogen-bond acceptors (Lipinski definition) is 3. The number of Topliss-reactive ketones (excluding diaryl/α,β-unsaturated/α-hetero) is 1. The lowest BCUT2D eigenvalue weighted by Gasteiger charge is -2.02. The van der Waals surface area contributed by atoms with Gasteiger partial charge in [-0.15, -0.1) is 11.8 Å². The van der Waals surface area contributed by atoms with Crippen LogP contribution in [0.25, 0.3) is 0 Å². The van der Waals surface area contributed by atoms with Crippen LogP contribution in [-0.4, -0.2) is 21.6 Å². The van der Waals surface area contributed by atoms with E-state index in [0.717, 1.165) is 11.4 Å². The van der Waals surface area contributed by atoms with Crippen LogP contribution in [0.5, 0.6) is 0 Å². The van der Waals surface area contributed by atoms with Gasteiger partial charge < -0.3 is 4.57 Å². The molecular weight excluding hydrogens is 232 g/mol. The van der Waals surface area contributed by atoms with Crippen molar-refractivity contribution >= 4 is 17.5 Å². The maximum absolute atomic E-state index is 12.0. The van der Waals surface area contributed by atoms with Crippen molar-refractivity contribution in [1.82, 2.24) is 9.55 Å². The lowest BCUT2D eigenvalue weighted by atomic mass is 10.1. The molecule has 0 saturated carbocycles. The number of carbonyl (C=O) groups excluding carboxylic acids is 1. The largest absolute Gasteiger partial charge is 0.338 e. The second-order valence-corrected chi connectivity index (χ2v) is 4.66. The molecule has 0 aliphatic carbocycles. The standard InChI is InChI=1S/C13H14N2OS/c1-15-8-7-14-13(15)9-12(16)10-3-5-11(17-2)6-4-10/h3-8H,9H2,1-2H3. The molecule has 0 radical (unpaired) electrons. The Hall–Kier alpha value is -1.55. The Labute approximate surface area is 105 Å². The number of nitrogens with zero attached hydrogens (tertiary/aromatic N) is 2. The highest BCUT2D eigenvalue weighted by atomic mass is 32.2. The zero-order valence-corrected chi connectivity index (χ0v) is 10.7. The maximum Gasteiger partial charge on any atom is 0.170 e. The summed E-state index contributed by atoms with van der Waals surface area (Å²) in [6.45, 7) is 0. The van der Waals surface area contributed by atoms with E-state index in [1.807, 2.05) is 48.3 Å². The van der Waals surface area contributed by atoms with Gasteiger partial charge in [0, 0.05) is 29.9 Å². The first-order valence-electron chi connectivity index (χ1n) is 5.34. The number of ketones is 1. The first-order chi connectivity index (χ1) is 8.20. The van der Waals surface area contributed by atoms with Gasteiger partial charge in [-0.3, -0.25) is 4.79 Å². The predicted octanol–water partition coefficient (Wildman–Crippen LogP) is 2.57. The molecule has 88 valence electrons. The van der Waals surface area contributed by atoms with Crippen LogP contribution in [0, 0.1) is 0 Å². The summed E-state index contributed by atoms with van der Waals surface area (Å²) < 4.78 is 1.87. The highest BCUT2D eigenvalue weighted by Crippen LogP contribution is 2.15. The summed E-state index contributed by atoms with van der Waals surface area (Å²) in [5.41, 5.74) is 0.741. The minimum Gasteiger partial charge on any atom is -0.338 e. The van der Waals surface area contributed by atoms with E-state index in [-0.39, 0.29) is 5.78 Å². The summed E-state index contributed by atoms with van der Waals surface area (Å²) >= 11 is 1.67. The molecule has 0 fully saturated rings. The van der Waals surface area contributed by atoms with Crippen LogP contribution in [0.15, 0.2) is 41.6 Å². The minimum atomic E-state index is 0.104. The van der Waals surface area contributed by atoms with Crippen LogP contribution in [0.2, 0.25) is 0 Å². The molecule has 4 heteroatoms. The van der Waals surface area contributed by atoms with Gasteiger partial charge >= 0.3 is 0 Å². The van der Waals surface area contributed by atoms with E-state index in [9.17, 15) is 4.79 Å². The van der Waals surface area contributed by atoms with Gasteiger partial charge in [0.15, 0.2) is 5.78 Å². The van der Waals surface area contributed by atoms with Gasteiger partial charge in [-0.25, -0.2) is 4.98 Å². The predicted molar refractivity (Wildman–Crippen MR) is 69.5 cm³/mol. The number of imidazole rings is 1. The molecule has 0 aliphatic rings. The van der Waals surface area contributed by atoms with E-state index < -0.39 is 0 Å². The van der Waals surface area contributed by atoms with Gasteiger partial charge in [-0.05, 0) is 18.4 Å². The third-order valence-electron chi connectivity index (χ3n) is 2.65. The van der Waals surface area contributed by atoms with Gasteiger partial charge in [0.1, 0.15) is 5.82 Å². The number of thioether (sulfide) groups is 1. The topological polar surface area (TPSA) is 34.9 Å². The second kappa shape index (κ2) is 5.19. The smallest absolute Gasteiger partial charge is 0.170 e. The number of aryl methyl sites for hydroxylation is 1. The molecule has 0 amide bonds. The molecule has 0 bridgehead atoms. The Morgan fingerprint density at radius 1 is 1.35 bits per heavy atom. The van der Waals surface area contributed by atoms with E-state index in [0.29, 0.717) is 6.42 Å². The van der Waals surface area contributed by atoms with Crippen molar-refractivity contribution in [1.29, 1.82) is 0 Å². The third-order valence-corrected chi connectivity index (χ3v) is 3.40. The normalized spacial score (nSPS) is 10.5. The summed E-state index contributed by atoms with van der Waals surface area (Å²) in [6.07, 6.45) is 5.92. The summed E-state index contributed by atoms with van der Waals surface area (Å²) in [6, 6.07) is 7.68. The van der Waals surface area contributed by atoms with Gasteiger partial charge in [-0.1, -0.05) is 12.1 Å². The van der Waals surface area contributed by atoms with Crippen molar-refractivity contribution in [3.63, 3.8) is 0 Å². The minimum absolute atomic E-state index is 0.104. The second-order valence-electron chi connectivity index (χ2n) is 3.78. The molecule has 0 spiro atoms. The maximum atomic E-state index is 12.0. The average molecular weight is 246 g/mol. The van der Waals surface area contributed by atoms with Crippen LogP contribution in [0.4, 0.5) is 0 Å². The Balaban J connectivity index is 2.12. The molecule has 2 rings (SSSR count). The summed E-state index contributed by atoms with van der Waals surface area (Å²) in [4.78, 5) is 17.3. The Morgan fingerprint density at radius 2 is 2.06 bits per heavy atom. The number of benzene rings is 1. The fourth-order valence-corrected chi connectivity index (χ4v) is 2.00. The first-order valence-corrected chi connectivity index (χ1v) is 6.56. The van der Waals surface area contributed by atoms with Gasteiger partial charge in [-0.2, -0.15) is 0 Å². The van der Waals surface area contributed by atoms with Gasteiger partial charge in [0.25, 0.3) is 0 Å². The molecule has 3 nitrogen and oxygen atoms in total. The van der Waals surface area contributed by atoms with Crippen molar-refractivity contribution in [2.24, 2.45) is 7.05 Å². The Kier molecular flexibility index (Phi) is 3.64. The van der Waals surface area contributed by atoms with Crippen LogP contribution < -0.4 is 0 Å². The van der Waals surface area contributed by atoms with Crippen LogP contribution in [-0.2, 0) is 13.5 Å². The molecule has 1 aromatic carbocycles. The van der Waals surface area contributed by atoms with E-state index in [2.05, 4.69) is 4.98 Å². The molecule has 2 aromatic rings. The zero-order valence-electron chi connectivity index (χ0n) is 9.88. The Morgan fingerprint density at radius 3 is 2.59 bits per heavy atom. The number of carbonyl (C=O) groups is 1. The van der Waals surface area contributed by atoms with Crippen molar-refractivity contribution < 1.29 is 4.79 Å². The first kappa shape index (κ1) is 11.9. The van der Waals surface area contributed by atoms with Crippen molar-refractivity contribution in [3.8, 4) is 0 Å². The fourth-order valence-electron chi connectivity index (χ4n) is 1.59. The van der Waals surface area contributed by atoms with E-state index in [1.165, 1.54) is 4.90 Å². The molecule has 0 aliphatic heterocycles. The van der Waals surface area contributed by atoms with Crippen molar-refractivity contribution in [2.45, 2.75) is 11.3 Å². The molecule has 0 saturated heterocycles. The number of hydrogen-bond donors (Lipinski definition) is 0. The van der Waals surface area contributed by atoms with Gasteiger partial charge in [0.2, 0.25) is 0 Å². The Bertz CT molecular complexity index is 516. The molecule has 17 heavy (non-hydrogen) atoms. The highest BCUT2D eigenvalue weighted by molar-refractivity contribution is 7.98. The SMILES string of the molecule is CSc1ccc(C(=O)Cc2nccn2C)cc1. The lowest BCUT2D eigenvalue weighted by Crippen LogP contribution is -2.08. The molecule has 0 atom stereocenters.